The van der Waals surface area contributed by atoms with E-state index in [9.17, 15) is 9.90 Å². The number of carboxylic acid groups (broad SMARTS) is 1. The molecule has 0 radical (unpaired) electrons. The summed E-state index contributed by atoms with van der Waals surface area (Å²) in [5.74, 6) is -0.250. The molecule has 2 aromatic rings. The Kier molecular flexibility index (Phi) is 5.44. The molecular weight excluding hydrogens is 270 g/mol. The lowest BCUT2D eigenvalue weighted by molar-refractivity contribution is -0.138. The Labute approximate surface area is 123 Å². The summed E-state index contributed by atoms with van der Waals surface area (Å²) in [4.78, 5) is 12.3. The Balaban J connectivity index is 2.01. The smallest absolute Gasteiger partial charge is 0.321 e. The van der Waals surface area contributed by atoms with Crippen molar-refractivity contribution in [3.05, 3.63) is 42.5 Å². The van der Waals surface area contributed by atoms with Crippen LogP contribution in [0.15, 0.2) is 47.4 Å². The molecule has 0 aliphatic heterocycles. The zero-order valence-electron chi connectivity index (χ0n) is 11.5. The Bertz CT molecular complexity index is 585. The van der Waals surface area contributed by atoms with E-state index in [2.05, 4.69) is 29.6 Å². The highest BCUT2D eigenvalue weighted by molar-refractivity contribution is 7.99. The van der Waals surface area contributed by atoms with E-state index in [1.807, 2.05) is 25.1 Å². The van der Waals surface area contributed by atoms with Crippen LogP contribution in [0.3, 0.4) is 0 Å². The molecule has 0 fully saturated rings. The summed E-state index contributed by atoms with van der Waals surface area (Å²) in [5, 5.41) is 14.6. The molecule has 0 aliphatic carbocycles. The maximum absolute atomic E-state index is 11.2. The second kappa shape index (κ2) is 7.31. The van der Waals surface area contributed by atoms with Crippen molar-refractivity contribution in [3.63, 3.8) is 0 Å². The molecule has 1 unspecified atom stereocenters. The van der Waals surface area contributed by atoms with Crippen molar-refractivity contribution >= 4 is 28.5 Å². The summed E-state index contributed by atoms with van der Waals surface area (Å²) < 4.78 is 0. The predicted molar refractivity (Wildman–Crippen MR) is 84.4 cm³/mol. The van der Waals surface area contributed by atoms with Crippen molar-refractivity contribution in [1.82, 2.24) is 5.32 Å². The van der Waals surface area contributed by atoms with Gasteiger partial charge in [0, 0.05) is 10.6 Å². The van der Waals surface area contributed by atoms with Crippen molar-refractivity contribution in [2.24, 2.45) is 0 Å². The number of carboxylic acids is 1. The van der Waals surface area contributed by atoms with Crippen molar-refractivity contribution in [2.75, 3.05) is 12.3 Å². The summed E-state index contributed by atoms with van der Waals surface area (Å²) in [6, 6.07) is 13.9. The standard InChI is InChI=1S/C16H19NO2S/c1-2-9-17-15(16(18)19)11-20-14-8-7-12-5-3-4-6-13(12)10-14/h3-8,10,15,17H,2,9,11H2,1H3,(H,18,19). The van der Waals surface area contributed by atoms with Crippen LogP contribution in [0.1, 0.15) is 13.3 Å². The number of hydrogen-bond acceptors (Lipinski definition) is 3. The predicted octanol–water partition coefficient (Wildman–Crippen LogP) is 3.38. The summed E-state index contributed by atoms with van der Waals surface area (Å²) >= 11 is 1.58. The molecule has 3 nitrogen and oxygen atoms in total. The van der Waals surface area contributed by atoms with E-state index in [1.165, 1.54) is 10.8 Å². The third kappa shape index (κ3) is 3.99. The van der Waals surface area contributed by atoms with Crippen LogP contribution in [0.4, 0.5) is 0 Å². The molecule has 0 heterocycles. The topological polar surface area (TPSA) is 49.3 Å². The van der Waals surface area contributed by atoms with Gasteiger partial charge in [-0.05, 0) is 35.9 Å². The summed E-state index contributed by atoms with van der Waals surface area (Å²) in [7, 11) is 0. The van der Waals surface area contributed by atoms with Gasteiger partial charge in [0.1, 0.15) is 6.04 Å². The third-order valence-corrected chi connectivity index (χ3v) is 4.16. The number of aliphatic carboxylic acids is 1. The zero-order chi connectivity index (χ0) is 14.4. The van der Waals surface area contributed by atoms with Crippen LogP contribution < -0.4 is 5.32 Å². The molecule has 0 amide bonds. The number of hydrogen-bond donors (Lipinski definition) is 2. The molecule has 4 heteroatoms. The molecule has 2 N–H and O–H groups in total. The van der Waals surface area contributed by atoms with Gasteiger partial charge in [-0.15, -0.1) is 11.8 Å². The fourth-order valence-electron chi connectivity index (χ4n) is 1.97. The molecule has 0 spiro atoms. The van der Waals surface area contributed by atoms with Crippen molar-refractivity contribution < 1.29 is 9.90 Å². The monoisotopic (exact) mass is 289 g/mol. The Morgan fingerprint density at radius 1 is 1.25 bits per heavy atom. The van der Waals surface area contributed by atoms with Crippen LogP contribution in [0.2, 0.25) is 0 Å². The van der Waals surface area contributed by atoms with E-state index >= 15 is 0 Å². The minimum Gasteiger partial charge on any atom is -0.480 e. The molecular formula is C16H19NO2S. The van der Waals surface area contributed by atoms with Crippen molar-refractivity contribution in [1.29, 1.82) is 0 Å². The maximum Gasteiger partial charge on any atom is 0.321 e. The molecule has 0 saturated carbocycles. The van der Waals surface area contributed by atoms with E-state index < -0.39 is 12.0 Å². The molecule has 1 atom stereocenters. The molecule has 106 valence electrons. The molecule has 0 saturated heterocycles. The van der Waals surface area contributed by atoms with Crippen LogP contribution in [0.5, 0.6) is 0 Å². The SMILES string of the molecule is CCCNC(CSc1ccc2ccccc2c1)C(=O)O. The number of carbonyl (C=O) groups is 1. The average Bonchev–Trinajstić information content (AvgIpc) is 2.46. The van der Waals surface area contributed by atoms with E-state index in [-0.39, 0.29) is 0 Å². The molecule has 0 aliphatic rings. The van der Waals surface area contributed by atoms with Gasteiger partial charge in [-0.3, -0.25) is 4.79 Å². The molecule has 2 rings (SSSR count). The summed E-state index contributed by atoms with van der Waals surface area (Å²) in [5.41, 5.74) is 0. The Hall–Kier alpha value is -1.52. The van der Waals surface area contributed by atoms with Gasteiger partial charge in [-0.25, -0.2) is 0 Å². The normalized spacial score (nSPS) is 12.4. The van der Waals surface area contributed by atoms with Gasteiger partial charge >= 0.3 is 5.97 Å². The van der Waals surface area contributed by atoms with E-state index in [1.54, 1.807) is 11.8 Å². The van der Waals surface area contributed by atoms with Crippen LogP contribution in [0, 0.1) is 0 Å². The fourth-order valence-corrected chi connectivity index (χ4v) is 2.97. The second-order valence-corrected chi connectivity index (χ2v) is 5.76. The van der Waals surface area contributed by atoms with E-state index in [0.29, 0.717) is 5.75 Å². The minimum atomic E-state index is -0.785. The lowest BCUT2D eigenvalue weighted by Gasteiger charge is -2.13. The lowest BCUT2D eigenvalue weighted by Crippen LogP contribution is -2.39. The Morgan fingerprint density at radius 2 is 2.00 bits per heavy atom. The maximum atomic E-state index is 11.2. The van der Waals surface area contributed by atoms with Gasteiger partial charge in [0.25, 0.3) is 0 Å². The second-order valence-electron chi connectivity index (χ2n) is 4.66. The van der Waals surface area contributed by atoms with Gasteiger partial charge in [0.2, 0.25) is 0 Å². The van der Waals surface area contributed by atoms with Crippen LogP contribution >= 0.6 is 11.8 Å². The zero-order valence-corrected chi connectivity index (χ0v) is 12.3. The largest absolute Gasteiger partial charge is 0.480 e. The minimum absolute atomic E-state index is 0.494. The van der Waals surface area contributed by atoms with E-state index in [0.717, 1.165) is 17.9 Å². The summed E-state index contributed by atoms with van der Waals surface area (Å²) in [6.45, 7) is 2.76. The number of fused-ring (bicyclic) bond motifs is 1. The summed E-state index contributed by atoms with van der Waals surface area (Å²) in [6.07, 6.45) is 0.935. The highest BCUT2D eigenvalue weighted by Gasteiger charge is 2.16. The molecule has 2 aromatic carbocycles. The average molecular weight is 289 g/mol. The number of nitrogens with one attached hydrogen (secondary N) is 1. The first-order valence-corrected chi connectivity index (χ1v) is 7.77. The Morgan fingerprint density at radius 3 is 2.70 bits per heavy atom. The van der Waals surface area contributed by atoms with Crippen LogP contribution in [-0.4, -0.2) is 29.4 Å². The molecule has 20 heavy (non-hydrogen) atoms. The quantitative estimate of drug-likeness (QED) is 0.767. The number of thioether (sulfide) groups is 1. The third-order valence-electron chi connectivity index (χ3n) is 3.08. The first kappa shape index (κ1) is 14.9. The van der Waals surface area contributed by atoms with Gasteiger partial charge in [0.05, 0.1) is 0 Å². The van der Waals surface area contributed by atoms with Gasteiger partial charge in [-0.2, -0.15) is 0 Å². The highest BCUT2D eigenvalue weighted by Crippen LogP contribution is 2.24. The van der Waals surface area contributed by atoms with Crippen molar-refractivity contribution in [3.8, 4) is 0 Å². The fraction of sp³-hybridized carbons (Fsp3) is 0.312. The number of rotatable bonds is 7. The highest BCUT2D eigenvalue weighted by atomic mass is 32.2. The van der Waals surface area contributed by atoms with Crippen LogP contribution in [-0.2, 0) is 4.79 Å². The van der Waals surface area contributed by atoms with Gasteiger partial charge in [0.15, 0.2) is 0 Å². The van der Waals surface area contributed by atoms with Gasteiger partial charge < -0.3 is 10.4 Å². The van der Waals surface area contributed by atoms with Gasteiger partial charge in [-0.1, -0.05) is 37.3 Å². The molecule has 0 bridgehead atoms. The van der Waals surface area contributed by atoms with E-state index in [4.69, 9.17) is 0 Å². The lowest BCUT2D eigenvalue weighted by atomic mass is 10.1. The number of benzene rings is 2. The first-order chi connectivity index (χ1) is 9.70. The molecule has 0 aromatic heterocycles. The van der Waals surface area contributed by atoms with Crippen molar-refractivity contribution in [2.45, 2.75) is 24.3 Å². The van der Waals surface area contributed by atoms with Crippen LogP contribution in [0.25, 0.3) is 10.8 Å². The first-order valence-electron chi connectivity index (χ1n) is 6.78.